The fourth-order valence-corrected chi connectivity index (χ4v) is 4.88. The van der Waals surface area contributed by atoms with Gasteiger partial charge in [0.05, 0.1) is 6.04 Å². The lowest BCUT2D eigenvalue weighted by Crippen LogP contribution is -2.10. The Morgan fingerprint density at radius 3 is 2.34 bits per heavy atom. The Kier molecular flexibility index (Phi) is 5.24. The SMILES string of the molecule is Brc1cc2ccc1CCc1ccc(cc1C1=N[C@@H](Cc3ccccc3)CO1)CC2. The molecule has 4 aliphatic carbocycles. The molecule has 0 saturated carbocycles. The summed E-state index contributed by atoms with van der Waals surface area (Å²) in [6.07, 6.45) is 4.99. The van der Waals surface area contributed by atoms with Crippen LogP contribution in [0.4, 0.5) is 0 Å². The van der Waals surface area contributed by atoms with Gasteiger partial charge in [-0.25, -0.2) is 4.99 Å². The van der Waals surface area contributed by atoms with E-state index in [4.69, 9.17) is 9.73 Å². The van der Waals surface area contributed by atoms with Crippen molar-refractivity contribution in [1.29, 1.82) is 0 Å². The third kappa shape index (κ3) is 4.16. The molecule has 0 radical (unpaired) electrons. The van der Waals surface area contributed by atoms with Gasteiger partial charge in [-0.3, -0.25) is 0 Å². The summed E-state index contributed by atoms with van der Waals surface area (Å²) < 4.78 is 7.33. The highest BCUT2D eigenvalue weighted by atomic mass is 79.9. The van der Waals surface area contributed by atoms with Crippen molar-refractivity contribution in [3.05, 3.63) is 105 Å². The van der Waals surface area contributed by atoms with Crippen LogP contribution < -0.4 is 0 Å². The zero-order chi connectivity index (χ0) is 19.6. The van der Waals surface area contributed by atoms with E-state index in [1.165, 1.54) is 37.9 Å². The number of halogens is 1. The minimum atomic E-state index is 0.198. The van der Waals surface area contributed by atoms with Crippen molar-refractivity contribution in [3.63, 3.8) is 0 Å². The largest absolute Gasteiger partial charge is 0.475 e. The fraction of sp³-hybridized carbons (Fsp3) is 0.269. The molecule has 29 heavy (non-hydrogen) atoms. The van der Waals surface area contributed by atoms with Crippen LogP contribution in [0.3, 0.4) is 0 Å². The number of benzene rings is 3. The quantitative estimate of drug-likeness (QED) is 0.504. The number of aryl methyl sites for hydroxylation is 4. The molecule has 3 heteroatoms. The summed E-state index contributed by atoms with van der Waals surface area (Å²) in [4.78, 5) is 4.97. The molecule has 5 aliphatic rings. The zero-order valence-electron chi connectivity index (χ0n) is 16.4. The van der Waals surface area contributed by atoms with E-state index < -0.39 is 0 Å². The van der Waals surface area contributed by atoms with Crippen LogP contribution in [0.1, 0.15) is 33.4 Å². The van der Waals surface area contributed by atoms with Gasteiger partial charge in [0.25, 0.3) is 0 Å². The minimum Gasteiger partial charge on any atom is -0.475 e. The van der Waals surface area contributed by atoms with Gasteiger partial charge in [-0.1, -0.05) is 70.5 Å². The van der Waals surface area contributed by atoms with Crippen LogP contribution in [-0.4, -0.2) is 18.5 Å². The number of rotatable bonds is 3. The van der Waals surface area contributed by atoms with Crippen molar-refractivity contribution in [2.45, 2.75) is 38.1 Å². The van der Waals surface area contributed by atoms with E-state index in [2.05, 4.69) is 82.7 Å². The molecule has 1 heterocycles. The lowest BCUT2D eigenvalue weighted by molar-refractivity contribution is 0.316. The number of hydrogen-bond donors (Lipinski definition) is 0. The molecule has 0 unspecified atom stereocenters. The molecular weight excluding hydrogens is 422 g/mol. The first-order valence-corrected chi connectivity index (χ1v) is 11.2. The van der Waals surface area contributed by atoms with E-state index >= 15 is 0 Å². The van der Waals surface area contributed by atoms with E-state index in [0.717, 1.165) is 38.0 Å². The van der Waals surface area contributed by atoms with Crippen molar-refractivity contribution in [2.75, 3.05) is 6.61 Å². The van der Waals surface area contributed by atoms with Gasteiger partial charge in [-0.2, -0.15) is 0 Å². The lowest BCUT2D eigenvalue weighted by atomic mass is 9.93. The highest BCUT2D eigenvalue weighted by molar-refractivity contribution is 9.10. The van der Waals surface area contributed by atoms with Crippen LogP contribution in [0.2, 0.25) is 0 Å². The average Bonchev–Trinajstić information content (AvgIpc) is 3.19. The molecule has 8 rings (SSSR count). The topological polar surface area (TPSA) is 21.6 Å². The molecular formula is C26H24BrNO. The van der Waals surface area contributed by atoms with Gasteiger partial charge in [-0.15, -0.1) is 0 Å². The van der Waals surface area contributed by atoms with Gasteiger partial charge in [0.1, 0.15) is 6.61 Å². The Bertz CT molecular complexity index is 1060. The smallest absolute Gasteiger partial charge is 0.216 e. The van der Waals surface area contributed by atoms with E-state index in [0.29, 0.717) is 6.61 Å². The van der Waals surface area contributed by atoms with Gasteiger partial charge in [0, 0.05) is 10.0 Å². The number of hydrogen-bond acceptors (Lipinski definition) is 2. The molecule has 0 saturated heterocycles. The Morgan fingerprint density at radius 1 is 0.828 bits per heavy atom. The third-order valence-corrected chi connectivity index (χ3v) is 6.65. The van der Waals surface area contributed by atoms with Gasteiger partial charge in [0.15, 0.2) is 0 Å². The van der Waals surface area contributed by atoms with Crippen molar-refractivity contribution in [2.24, 2.45) is 4.99 Å². The van der Waals surface area contributed by atoms with Crippen LogP contribution >= 0.6 is 15.9 Å². The monoisotopic (exact) mass is 445 g/mol. The molecule has 0 fully saturated rings. The Hall–Kier alpha value is -2.39. The molecule has 146 valence electrons. The molecule has 1 aliphatic heterocycles. The van der Waals surface area contributed by atoms with Gasteiger partial charge in [-0.05, 0) is 72.1 Å². The lowest BCUT2D eigenvalue weighted by Gasteiger charge is -2.15. The first-order valence-electron chi connectivity index (χ1n) is 10.4. The summed E-state index contributed by atoms with van der Waals surface area (Å²) in [6.45, 7) is 0.667. The number of ether oxygens (including phenoxy) is 1. The Morgan fingerprint density at radius 2 is 1.55 bits per heavy atom. The van der Waals surface area contributed by atoms with Gasteiger partial charge < -0.3 is 4.74 Å². The minimum absolute atomic E-state index is 0.198. The molecule has 2 nitrogen and oxygen atoms in total. The number of nitrogens with zero attached hydrogens (tertiary/aromatic N) is 1. The van der Waals surface area contributed by atoms with E-state index in [1.54, 1.807) is 0 Å². The maximum atomic E-state index is 6.10. The molecule has 0 aromatic heterocycles. The summed E-state index contributed by atoms with van der Waals surface area (Å²) in [5, 5.41) is 0. The first kappa shape index (κ1) is 18.6. The van der Waals surface area contributed by atoms with Crippen LogP contribution in [0.5, 0.6) is 0 Å². The second-order valence-electron chi connectivity index (χ2n) is 8.01. The standard InChI is InChI=1S/C26H24BrNO/c27-25-16-20-7-6-19-8-10-21(12-13-22(25)11-9-20)24(15-19)26-28-23(17-29-26)14-18-4-2-1-3-5-18/h1-5,8-11,15-16,23H,6-7,12-14,17H2/t23-/m0/s1. The number of aliphatic imine (C=N–C) groups is 1. The summed E-state index contributed by atoms with van der Waals surface area (Å²) in [6, 6.07) is 24.5. The Labute approximate surface area is 180 Å². The molecule has 4 bridgehead atoms. The van der Waals surface area contributed by atoms with Crippen LogP contribution in [-0.2, 0) is 36.8 Å². The van der Waals surface area contributed by atoms with E-state index in [9.17, 15) is 0 Å². The van der Waals surface area contributed by atoms with Crippen LogP contribution in [0, 0.1) is 0 Å². The molecule has 0 spiro atoms. The maximum absolute atomic E-state index is 6.10. The van der Waals surface area contributed by atoms with E-state index in [1.807, 2.05) is 0 Å². The molecule has 3 aromatic rings. The zero-order valence-corrected chi connectivity index (χ0v) is 18.0. The predicted molar refractivity (Wildman–Crippen MR) is 122 cm³/mol. The second-order valence-corrected chi connectivity index (χ2v) is 8.86. The summed E-state index contributed by atoms with van der Waals surface area (Å²) in [5.74, 6) is 0.827. The summed E-state index contributed by atoms with van der Waals surface area (Å²) >= 11 is 3.76. The van der Waals surface area contributed by atoms with Gasteiger partial charge in [0.2, 0.25) is 5.90 Å². The average molecular weight is 446 g/mol. The molecule has 1 atom stereocenters. The highest BCUT2D eigenvalue weighted by Crippen LogP contribution is 2.26. The Balaban J connectivity index is 1.44. The van der Waals surface area contributed by atoms with Crippen molar-refractivity contribution in [3.8, 4) is 0 Å². The van der Waals surface area contributed by atoms with E-state index in [-0.39, 0.29) is 6.04 Å². The predicted octanol–water partition coefficient (Wildman–Crippen LogP) is 5.72. The first-order chi connectivity index (χ1) is 14.2. The van der Waals surface area contributed by atoms with Crippen LogP contribution in [0.15, 0.2) is 76.2 Å². The normalized spacial score (nSPS) is 18.1. The van der Waals surface area contributed by atoms with Gasteiger partial charge >= 0.3 is 0 Å². The van der Waals surface area contributed by atoms with Crippen LogP contribution in [0.25, 0.3) is 0 Å². The third-order valence-electron chi connectivity index (χ3n) is 5.91. The summed E-state index contributed by atoms with van der Waals surface area (Å²) in [7, 11) is 0. The molecule has 3 aromatic carbocycles. The molecule has 0 N–H and O–H groups in total. The highest BCUT2D eigenvalue weighted by Gasteiger charge is 2.23. The second kappa shape index (κ2) is 8.16. The summed E-state index contributed by atoms with van der Waals surface area (Å²) in [5.41, 5.74) is 7.91. The molecule has 0 amide bonds. The van der Waals surface area contributed by atoms with Crippen molar-refractivity contribution in [1.82, 2.24) is 0 Å². The van der Waals surface area contributed by atoms with Crippen molar-refractivity contribution < 1.29 is 4.74 Å². The maximum Gasteiger partial charge on any atom is 0.216 e. The fourth-order valence-electron chi connectivity index (χ4n) is 4.26. The van der Waals surface area contributed by atoms with Crippen molar-refractivity contribution >= 4 is 21.8 Å².